The molecule has 3 rings (SSSR count). The smallest absolute Gasteiger partial charge is 0.124 e. The Kier molecular flexibility index (Phi) is 3.51. The van der Waals surface area contributed by atoms with Crippen molar-refractivity contribution in [1.29, 1.82) is 0 Å². The molecule has 0 spiro atoms. The Bertz CT molecular complexity index is 710. The molecule has 0 saturated heterocycles. The molecule has 2 aromatic heterocycles. The number of benzene rings is 1. The summed E-state index contributed by atoms with van der Waals surface area (Å²) in [4.78, 5) is 8.61. The summed E-state index contributed by atoms with van der Waals surface area (Å²) in [5.41, 5.74) is 2.92. The van der Waals surface area contributed by atoms with E-state index in [1.807, 2.05) is 29.6 Å². The predicted molar refractivity (Wildman–Crippen MR) is 80.8 cm³/mol. The van der Waals surface area contributed by atoms with Crippen LogP contribution in [-0.2, 0) is 0 Å². The first-order chi connectivity index (χ1) is 9.24. The second-order valence-corrected chi connectivity index (χ2v) is 5.58. The molecule has 2 heterocycles. The first-order valence-electron chi connectivity index (χ1n) is 5.55. The molecule has 0 atom stereocenters. The number of rotatable bonds is 2. The van der Waals surface area contributed by atoms with Crippen LogP contribution in [0.1, 0.15) is 0 Å². The Balaban J connectivity index is 1.99. The highest BCUT2D eigenvalue weighted by Crippen LogP contribution is 2.31. The third-order valence-electron chi connectivity index (χ3n) is 2.65. The van der Waals surface area contributed by atoms with Crippen molar-refractivity contribution in [3.8, 4) is 21.8 Å². The topological polar surface area (TPSA) is 25.8 Å². The second kappa shape index (κ2) is 5.29. The Morgan fingerprint density at radius 3 is 2.42 bits per heavy atom. The van der Waals surface area contributed by atoms with E-state index in [4.69, 9.17) is 23.2 Å². The van der Waals surface area contributed by atoms with Crippen LogP contribution < -0.4 is 0 Å². The maximum Gasteiger partial charge on any atom is 0.124 e. The van der Waals surface area contributed by atoms with Gasteiger partial charge in [0.2, 0.25) is 0 Å². The maximum absolute atomic E-state index is 6.02. The van der Waals surface area contributed by atoms with Crippen LogP contribution in [0.4, 0.5) is 0 Å². The van der Waals surface area contributed by atoms with Gasteiger partial charge in [-0.25, -0.2) is 4.98 Å². The lowest BCUT2D eigenvalue weighted by atomic mass is 10.2. The molecule has 2 nitrogen and oxygen atoms in total. The van der Waals surface area contributed by atoms with Crippen LogP contribution >= 0.6 is 34.5 Å². The SMILES string of the molecule is Clc1ccc(-c2csc(-c3ccncc3)n2)cc1Cl. The van der Waals surface area contributed by atoms with Crippen LogP contribution in [0.15, 0.2) is 48.1 Å². The standard InChI is InChI=1S/C14H8Cl2N2S/c15-11-2-1-10(7-12(11)16)13-8-19-14(18-13)9-3-5-17-6-4-9/h1-8H. The summed E-state index contributed by atoms with van der Waals surface area (Å²) in [6, 6.07) is 9.41. The number of pyridine rings is 1. The van der Waals surface area contributed by atoms with Crippen LogP contribution in [0, 0.1) is 0 Å². The van der Waals surface area contributed by atoms with E-state index in [9.17, 15) is 0 Å². The van der Waals surface area contributed by atoms with Gasteiger partial charge in [-0.2, -0.15) is 0 Å². The zero-order valence-corrected chi connectivity index (χ0v) is 12.0. The van der Waals surface area contributed by atoms with Gasteiger partial charge in [-0.15, -0.1) is 11.3 Å². The molecule has 19 heavy (non-hydrogen) atoms. The van der Waals surface area contributed by atoms with Gasteiger partial charge in [0.25, 0.3) is 0 Å². The fourth-order valence-corrected chi connectivity index (χ4v) is 2.82. The lowest BCUT2D eigenvalue weighted by Crippen LogP contribution is -1.80. The minimum atomic E-state index is 0.539. The van der Waals surface area contributed by atoms with E-state index in [1.54, 1.807) is 29.8 Å². The summed E-state index contributed by atoms with van der Waals surface area (Å²) in [5.74, 6) is 0. The Labute approximate surface area is 124 Å². The minimum Gasteiger partial charge on any atom is -0.265 e. The van der Waals surface area contributed by atoms with E-state index in [-0.39, 0.29) is 0 Å². The van der Waals surface area contributed by atoms with E-state index in [0.29, 0.717) is 10.0 Å². The molecule has 0 aliphatic heterocycles. The van der Waals surface area contributed by atoms with Gasteiger partial charge in [0.15, 0.2) is 0 Å². The number of hydrogen-bond acceptors (Lipinski definition) is 3. The van der Waals surface area contributed by atoms with Crippen molar-refractivity contribution in [2.75, 3.05) is 0 Å². The molecule has 3 aromatic rings. The highest BCUT2D eigenvalue weighted by atomic mass is 35.5. The molecule has 0 amide bonds. The number of halogens is 2. The lowest BCUT2D eigenvalue weighted by molar-refractivity contribution is 1.32. The summed E-state index contributed by atoms with van der Waals surface area (Å²) in [6.45, 7) is 0. The summed E-state index contributed by atoms with van der Waals surface area (Å²) in [5, 5.41) is 4.06. The summed E-state index contributed by atoms with van der Waals surface area (Å²) in [6.07, 6.45) is 3.52. The van der Waals surface area contributed by atoms with Crippen molar-refractivity contribution < 1.29 is 0 Å². The van der Waals surface area contributed by atoms with Crippen LogP contribution in [-0.4, -0.2) is 9.97 Å². The fraction of sp³-hybridized carbons (Fsp3) is 0. The van der Waals surface area contributed by atoms with Crippen molar-refractivity contribution >= 4 is 34.5 Å². The molecule has 0 bridgehead atoms. The quantitative estimate of drug-likeness (QED) is 0.652. The third-order valence-corrected chi connectivity index (χ3v) is 4.28. The van der Waals surface area contributed by atoms with E-state index >= 15 is 0 Å². The van der Waals surface area contributed by atoms with Crippen molar-refractivity contribution in [1.82, 2.24) is 9.97 Å². The number of nitrogens with zero attached hydrogens (tertiary/aromatic N) is 2. The molecule has 0 aliphatic carbocycles. The molecular weight excluding hydrogens is 299 g/mol. The molecule has 5 heteroatoms. The van der Waals surface area contributed by atoms with E-state index in [2.05, 4.69) is 9.97 Å². The van der Waals surface area contributed by atoms with Gasteiger partial charge >= 0.3 is 0 Å². The predicted octanol–water partition coefficient (Wildman–Crippen LogP) is 5.18. The van der Waals surface area contributed by atoms with Crippen LogP contribution in [0.5, 0.6) is 0 Å². The molecule has 0 radical (unpaired) electrons. The van der Waals surface area contributed by atoms with Gasteiger partial charge < -0.3 is 0 Å². The summed E-state index contributed by atoms with van der Waals surface area (Å²) in [7, 11) is 0. The Morgan fingerprint density at radius 1 is 0.895 bits per heavy atom. The average Bonchev–Trinajstić information content (AvgIpc) is 2.93. The van der Waals surface area contributed by atoms with E-state index < -0.39 is 0 Å². The fourth-order valence-electron chi connectivity index (χ4n) is 1.69. The molecule has 0 N–H and O–H groups in total. The normalized spacial score (nSPS) is 10.6. The second-order valence-electron chi connectivity index (χ2n) is 3.90. The van der Waals surface area contributed by atoms with Crippen molar-refractivity contribution in [3.63, 3.8) is 0 Å². The van der Waals surface area contributed by atoms with Gasteiger partial charge in [-0.05, 0) is 24.3 Å². The molecular formula is C14H8Cl2N2S. The average molecular weight is 307 g/mol. The van der Waals surface area contributed by atoms with E-state index in [1.165, 1.54) is 0 Å². The molecule has 94 valence electrons. The van der Waals surface area contributed by atoms with E-state index in [0.717, 1.165) is 21.8 Å². The lowest BCUT2D eigenvalue weighted by Gasteiger charge is -1.99. The van der Waals surface area contributed by atoms with Gasteiger partial charge in [-0.1, -0.05) is 29.3 Å². The highest BCUT2D eigenvalue weighted by Gasteiger charge is 2.08. The molecule has 0 unspecified atom stereocenters. The summed E-state index contributed by atoms with van der Waals surface area (Å²) < 4.78 is 0. The van der Waals surface area contributed by atoms with Crippen molar-refractivity contribution in [2.45, 2.75) is 0 Å². The van der Waals surface area contributed by atoms with Gasteiger partial charge in [-0.3, -0.25) is 4.98 Å². The Morgan fingerprint density at radius 2 is 1.68 bits per heavy atom. The van der Waals surface area contributed by atoms with Crippen LogP contribution in [0.3, 0.4) is 0 Å². The highest BCUT2D eigenvalue weighted by molar-refractivity contribution is 7.13. The molecule has 0 aliphatic rings. The number of hydrogen-bond donors (Lipinski definition) is 0. The molecule has 0 fully saturated rings. The molecule has 1 aromatic carbocycles. The van der Waals surface area contributed by atoms with Gasteiger partial charge in [0.05, 0.1) is 15.7 Å². The van der Waals surface area contributed by atoms with Crippen LogP contribution in [0.2, 0.25) is 10.0 Å². The van der Waals surface area contributed by atoms with Crippen molar-refractivity contribution in [3.05, 3.63) is 58.2 Å². The van der Waals surface area contributed by atoms with Gasteiger partial charge in [0, 0.05) is 28.9 Å². The zero-order valence-electron chi connectivity index (χ0n) is 9.68. The first-order valence-corrected chi connectivity index (χ1v) is 7.19. The maximum atomic E-state index is 6.02. The number of thiazole rings is 1. The Hall–Kier alpha value is -1.42. The monoisotopic (exact) mass is 306 g/mol. The zero-order chi connectivity index (χ0) is 13.2. The van der Waals surface area contributed by atoms with Crippen LogP contribution in [0.25, 0.3) is 21.8 Å². The summed E-state index contributed by atoms with van der Waals surface area (Å²) >= 11 is 13.5. The van der Waals surface area contributed by atoms with Gasteiger partial charge in [0.1, 0.15) is 5.01 Å². The largest absolute Gasteiger partial charge is 0.265 e. The minimum absolute atomic E-state index is 0.539. The third kappa shape index (κ3) is 2.63. The molecule has 0 saturated carbocycles. The van der Waals surface area contributed by atoms with Crippen molar-refractivity contribution in [2.24, 2.45) is 0 Å². The first kappa shape index (κ1) is 12.6. The number of aromatic nitrogens is 2.